The Bertz CT molecular complexity index is 329. The molecule has 0 radical (unpaired) electrons. The van der Waals surface area contributed by atoms with Crippen LogP contribution in [0.25, 0.3) is 0 Å². The van der Waals surface area contributed by atoms with Crippen LogP contribution in [0.3, 0.4) is 0 Å². The van der Waals surface area contributed by atoms with E-state index in [2.05, 4.69) is 11.1 Å². The quantitative estimate of drug-likeness (QED) is 0.251. The molecule has 1 N–H and O–H groups in total. The van der Waals surface area contributed by atoms with Crippen LogP contribution < -0.4 is 0 Å². The van der Waals surface area contributed by atoms with Gasteiger partial charge in [-0.2, -0.15) is 8.42 Å². The summed E-state index contributed by atoms with van der Waals surface area (Å²) >= 11 is 1.41. The molecule has 21 heavy (non-hydrogen) atoms. The Hall–Kier alpha value is 0.200. The van der Waals surface area contributed by atoms with Gasteiger partial charge < -0.3 is 0 Å². The van der Waals surface area contributed by atoms with Crippen LogP contribution >= 0.6 is 0 Å². The second-order valence-electron chi connectivity index (χ2n) is 5.14. The van der Waals surface area contributed by atoms with Gasteiger partial charge in [0.15, 0.2) is 0 Å². The molecule has 0 saturated carbocycles. The van der Waals surface area contributed by atoms with Crippen molar-refractivity contribution in [2.75, 3.05) is 0 Å². The molecule has 5 nitrogen and oxygen atoms in total. The summed E-state index contributed by atoms with van der Waals surface area (Å²) in [7, 11) is -4.54. The van der Waals surface area contributed by atoms with E-state index in [0.717, 1.165) is 6.26 Å². The minimum atomic E-state index is -4.54. The average molecular weight is 329 g/mol. The van der Waals surface area contributed by atoms with E-state index in [0.29, 0.717) is 0 Å². The third-order valence-electron chi connectivity index (χ3n) is 3.10. The van der Waals surface area contributed by atoms with Crippen LogP contribution in [0.15, 0.2) is 0 Å². The minimum Gasteiger partial charge on any atom is -0.281 e. The first-order valence-electron chi connectivity index (χ1n) is 8.02. The molecule has 0 heterocycles. The summed E-state index contributed by atoms with van der Waals surface area (Å²) in [6.07, 6.45) is 17.0. The largest absolute Gasteiger partial charge is 0.456 e. The van der Waals surface area contributed by atoms with Gasteiger partial charge in [-0.1, -0.05) is 6.92 Å². The molecule has 0 unspecified atom stereocenters. The van der Waals surface area contributed by atoms with Crippen LogP contribution in [0.4, 0.5) is 0 Å². The van der Waals surface area contributed by atoms with Gasteiger partial charge in [-0.3, -0.25) is 8.74 Å². The summed E-state index contributed by atoms with van der Waals surface area (Å²) in [6.45, 7) is 2.29. The van der Waals surface area contributed by atoms with E-state index in [1.807, 2.05) is 0 Å². The normalized spacial score (nSPS) is 10.4. The van der Waals surface area contributed by atoms with Crippen molar-refractivity contribution in [1.82, 2.24) is 0 Å². The Morgan fingerprint density at radius 2 is 1.33 bits per heavy atom. The van der Waals surface area contributed by atoms with E-state index in [-0.39, 0.29) is 0 Å². The van der Waals surface area contributed by atoms with Gasteiger partial charge in [0, 0.05) is 0 Å². The van der Waals surface area contributed by atoms with Crippen molar-refractivity contribution >= 4 is 38.3 Å². The third kappa shape index (κ3) is 29.0. The van der Waals surface area contributed by atoms with Crippen molar-refractivity contribution in [3.05, 3.63) is 0 Å². The molecule has 0 aliphatic rings. The molecule has 0 aromatic heterocycles. The average Bonchev–Trinajstić information content (AvgIpc) is 2.40. The number of nitriles is 1. The van der Waals surface area contributed by atoms with E-state index in [4.69, 9.17) is 9.81 Å². The monoisotopic (exact) mass is 329 g/mol. The fourth-order valence-electron chi connectivity index (χ4n) is 1.96. The summed E-state index contributed by atoms with van der Waals surface area (Å²) in [5.41, 5.74) is 0. The third-order valence-corrected chi connectivity index (χ3v) is 4.09. The van der Waals surface area contributed by atoms with Crippen molar-refractivity contribution in [1.29, 1.82) is 5.26 Å². The van der Waals surface area contributed by atoms with Crippen LogP contribution in [-0.2, 0) is 14.6 Å². The molecule has 0 rings (SSSR count). The fraction of sp³-hybridized carbons (Fsp3) is 0.929. The van der Waals surface area contributed by atoms with E-state index in [9.17, 15) is 8.42 Å². The van der Waals surface area contributed by atoms with Gasteiger partial charge in [-0.25, -0.2) is 0 Å². The van der Waals surface area contributed by atoms with Crippen LogP contribution in [-0.4, -0.2) is 40.9 Å². The molecule has 7 heteroatoms. The van der Waals surface area contributed by atoms with Gasteiger partial charge in [-0.15, -0.1) is 5.26 Å². The van der Waals surface area contributed by atoms with Gasteiger partial charge in [0.2, 0.25) is 0 Å². The van der Waals surface area contributed by atoms with E-state index in [1.54, 1.807) is 0 Å². The summed E-state index contributed by atoms with van der Waals surface area (Å²) in [5, 5.41) is 7.39. The first-order valence-corrected chi connectivity index (χ1v) is 10.8. The molecule has 0 amide bonds. The number of rotatable bonds is 12. The summed E-state index contributed by atoms with van der Waals surface area (Å²) in [5.74, 6) is 0. The maximum Gasteiger partial charge on any atom is 0.456 e. The summed E-state index contributed by atoms with van der Waals surface area (Å²) < 4.78 is 30.8. The summed E-state index contributed by atoms with van der Waals surface area (Å²) in [4.78, 5) is 0. The van der Waals surface area contributed by atoms with Crippen LogP contribution in [0, 0.1) is 11.5 Å². The fourth-order valence-corrected chi connectivity index (χ4v) is 2.56. The summed E-state index contributed by atoms with van der Waals surface area (Å²) in [6, 6.07) is 0. The van der Waals surface area contributed by atoms with Crippen LogP contribution in [0.2, 0.25) is 3.67 Å². The van der Waals surface area contributed by atoms with Crippen LogP contribution in [0.1, 0.15) is 77.6 Å². The molecule has 0 aromatic carbocycles. The Morgan fingerprint density at radius 1 is 0.952 bits per heavy atom. The Morgan fingerprint density at radius 3 is 1.57 bits per heavy atom. The zero-order valence-corrected chi connectivity index (χ0v) is 16.3. The molecule has 0 fully saturated rings. The molecular formula is C14H28NNaO4S. The molecule has 0 spiro atoms. The number of hydrogen-bond acceptors (Lipinski definition) is 4. The number of hydrogen-bond donors (Lipinski definition) is 1. The first-order chi connectivity index (χ1) is 9.97. The topological polar surface area (TPSA) is 87.4 Å². The van der Waals surface area contributed by atoms with Crippen molar-refractivity contribution in [2.45, 2.75) is 81.2 Å². The Labute approximate surface area is 147 Å². The van der Waals surface area contributed by atoms with Crippen molar-refractivity contribution in [3.8, 4) is 6.26 Å². The van der Waals surface area contributed by atoms with E-state index in [1.165, 1.54) is 102 Å². The Balaban J connectivity index is 0. The zero-order valence-electron chi connectivity index (χ0n) is 13.5. The van der Waals surface area contributed by atoms with E-state index >= 15 is 0 Å². The SMILES string of the molecule is CCCCCCCCCCCC[CH2][Na].N#COS(=O)(=O)O. The maximum atomic E-state index is 9.34. The van der Waals surface area contributed by atoms with Crippen molar-refractivity contribution in [3.63, 3.8) is 0 Å². The zero-order chi connectivity index (χ0) is 16.4. The molecule has 0 aliphatic carbocycles. The molecule has 0 aliphatic heterocycles. The van der Waals surface area contributed by atoms with Gasteiger partial charge in [-0.05, 0) is 0 Å². The molecule has 120 valence electrons. The van der Waals surface area contributed by atoms with Gasteiger partial charge in [0.25, 0.3) is 0 Å². The van der Waals surface area contributed by atoms with Gasteiger partial charge in [0.1, 0.15) is 0 Å². The molecule has 0 aromatic rings. The number of unbranched alkanes of at least 4 members (excludes halogenated alkanes) is 10. The molecule has 0 bridgehead atoms. The number of nitrogens with zero attached hydrogens (tertiary/aromatic N) is 1. The molecule has 0 saturated heterocycles. The van der Waals surface area contributed by atoms with Crippen molar-refractivity contribution < 1.29 is 17.2 Å². The predicted octanol–water partition coefficient (Wildman–Crippen LogP) is 4.17. The van der Waals surface area contributed by atoms with Gasteiger partial charge in [0.05, 0.1) is 0 Å². The maximum absolute atomic E-state index is 9.34. The Kier molecular flexibility index (Phi) is 20.4. The molecular weight excluding hydrogens is 301 g/mol. The smallest absolute Gasteiger partial charge is 0.281 e. The van der Waals surface area contributed by atoms with Crippen molar-refractivity contribution in [2.24, 2.45) is 0 Å². The minimum absolute atomic E-state index is 0.770. The van der Waals surface area contributed by atoms with Crippen LogP contribution in [0.5, 0.6) is 0 Å². The van der Waals surface area contributed by atoms with Gasteiger partial charge >= 0.3 is 119 Å². The molecule has 0 atom stereocenters. The second kappa shape index (κ2) is 18.2. The predicted molar refractivity (Wildman–Crippen MR) is 85.3 cm³/mol. The second-order valence-corrected chi connectivity index (χ2v) is 7.16. The van der Waals surface area contributed by atoms with E-state index < -0.39 is 10.4 Å². The first kappa shape index (κ1) is 23.5. The standard InChI is InChI=1S/C13H27.CHNO4S.Na/c1-3-5-7-9-11-13-12-10-8-6-4-2;2-1-6-7(3,4)5;/h1,3-13H2,2H3;(H,3,4,5);.